The molecule has 0 saturated carbocycles. The summed E-state index contributed by atoms with van der Waals surface area (Å²) in [6, 6.07) is 10.5. The second-order valence-electron chi connectivity index (χ2n) is 4.51. The Morgan fingerprint density at radius 3 is 2.12 bits per heavy atom. The molecule has 0 aliphatic carbocycles. The van der Waals surface area contributed by atoms with Gasteiger partial charge in [-0.3, -0.25) is 0 Å². The van der Waals surface area contributed by atoms with E-state index >= 15 is 0 Å². The zero-order valence-electron chi connectivity index (χ0n) is 11.2. The van der Waals surface area contributed by atoms with E-state index in [0.29, 0.717) is 0 Å². The van der Waals surface area contributed by atoms with Crippen LogP contribution in [0.5, 0.6) is 0 Å². The Morgan fingerprint density at radius 1 is 1.00 bits per heavy atom. The molecule has 0 aliphatic rings. The van der Waals surface area contributed by atoms with Crippen molar-refractivity contribution in [3.8, 4) is 0 Å². The van der Waals surface area contributed by atoms with Crippen molar-refractivity contribution in [2.75, 3.05) is 0 Å². The van der Waals surface area contributed by atoms with Gasteiger partial charge in [0, 0.05) is 0 Å². The average molecular weight is 228 g/mol. The topological polar surface area (TPSA) is 0 Å². The predicted octanol–water partition coefficient (Wildman–Crippen LogP) is 5.61. The maximum absolute atomic E-state index is 3.50. The van der Waals surface area contributed by atoms with Crippen LogP contribution < -0.4 is 0 Å². The molecule has 17 heavy (non-hydrogen) atoms. The summed E-state index contributed by atoms with van der Waals surface area (Å²) in [5.41, 5.74) is 6.23. The van der Waals surface area contributed by atoms with Gasteiger partial charge in [-0.2, -0.15) is 0 Å². The van der Waals surface area contributed by atoms with Crippen LogP contribution >= 0.6 is 0 Å². The number of hydrogen-bond donors (Lipinski definition) is 0. The van der Waals surface area contributed by atoms with E-state index in [1.54, 1.807) is 0 Å². The lowest BCUT2D eigenvalue weighted by atomic mass is 10.0. The van der Waals surface area contributed by atoms with Crippen LogP contribution in [0, 0.1) is 0 Å². The van der Waals surface area contributed by atoms with Gasteiger partial charge in [0.15, 0.2) is 0 Å². The van der Waals surface area contributed by atoms with Gasteiger partial charge in [0.1, 0.15) is 0 Å². The van der Waals surface area contributed by atoms with E-state index in [2.05, 4.69) is 56.0 Å². The molecular weight excluding hydrogens is 204 g/mol. The van der Waals surface area contributed by atoms with Crippen molar-refractivity contribution in [3.63, 3.8) is 0 Å². The number of hydrogen-bond acceptors (Lipinski definition) is 0. The summed E-state index contributed by atoms with van der Waals surface area (Å²) >= 11 is 0. The van der Waals surface area contributed by atoms with E-state index in [-0.39, 0.29) is 0 Å². The SMILES string of the molecule is CCCCC(=C=Cc1ccccc1)CCCC. The highest BCUT2D eigenvalue weighted by atomic mass is 14.0. The highest BCUT2D eigenvalue weighted by molar-refractivity contribution is 5.48. The summed E-state index contributed by atoms with van der Waals surface area (Å²) < 4.78 is 0. The molecule has 1 aromatic rings. The molecule has 0 spiro atoms. The largest absolute Gasteiger partial charge is 0.121 e. The van der Waals surface area contributed by atoms with Crippen molar-refractivity contribution in [3.05, 3.63) is 47.2 Å². The molecular formula is C17H24. The van der Waals surface area contributed by atoms with E-state index < -0.39 is 0 Å². The van der Waals surface area contributed by atoms with E-state index in [9.17, 15) is 0 Å². The molecule has 0 heterocycles. The van der Waals surface area contributed by atoms with Crippen molar-refractivity contribution >= 4 is 6.08 Å². The molecule has 1 rings (SSSR count). The van der Waals surface area contributed by atoms with Gasteiger partial charge in [0.05, 0.1) is 0 Å². The minimum absolute atomic E-state index is 1.21. The zero-order valence-corrected chi connectivity index (χ0v) is 11.2. The molecule has 0 unspecified atom stereocenters. The highest BCUT2D eigenvalue weighted by Crippen LogP contribution is 2.14. The molecule has 0 N–H and O–H groups in total. The van der Waals surface area contributed by atoms with Gasteiger partial charge >= 0.3 is 0 Å². The normalized spacial score (nSPS) is 9.76. The summed E-state index contributed by atoms with van der Waals surface area (Å²) in [5, 5.41) is 0. The fraction of sp³-hybridized carbons (Fsp3) is 0.471. The van der Waals surface area contributed by atoms with Gasteiger partial charge in [-0.05, 0) is 42.9 Å². The van der Waals surface area contributed by atoms with Crippen molar-refractivity contribution in [1.29, 1.82) is 0 Å². The number of benzene rings is 1. The van der Waals surface area contributed by atoms with Crippen LogP contribution in [0.25, 0.3) is 6.08 Å². The van der Waals surface area contributed by atoms with E-state index in [0.717, 1.165) is 0 Å². The second kappa shape index (κ2) is 8.84. The van der Waals surface area contributed by atoms with Crippen LogP contribution in [0.1, 0.15) is 57.9 Å². The van der Waals surface area contributed by atoms with Crippen molar-refractivity contribution in [1.82, 2.24) is 0 Å². The molecule has 0 amide bonds. The molecule has 0 heteroatoms. The molecule has 0 aromatic heterocycles. The molecule has 0 saturated heterocycles. The Balaban J connectivity index is 2.69. The number of unbranched alkanes of at least 4 members (excludes halogenated alkanes) is 2. The fourth-order valence-corrected chi connectivity index (χ4v) is 1.78. The third-order valence-electron chi connectivity index (χ3n) is 2.91. The third kappa shape index (κ3) is 6.14. The number of rotatable bonds is 7. The van der Waals surface area contributed by atoms with Crippen LogP contribution in [0.4, 0.5) is 0 Å². The summed E-state index contributed by atoms with van der Waals surface area (Å²) in [5.74, 6) is 0. The highest BCUT2D eigenvalue weighted by Gasteiger charge is 1.95. The fourth-order valence-electron chi connectivity index (χ4n) is 1.78. The van der Waals surface area contributed by atoms with E-state index in [1.165, 1.54) is 49.7 Å². The van der Waals surface area contributed by atoms with Crippen LogP contribution in [-0.2, 0) is 0 Å². The minimum atomic E-state index is 1.21. The lowest BCUT2D eigenvalue weighted by Gasteiger charge is -2.02. The Kier molecular flexibility index (Phi) is 7.18. The Bertz CT molecular complexity index is 343. The standard InChI is InChI=1S/C17H24/c1-3-5-10-16(11-6-4-2)14-15-17-12-8-7-9-13-17/h7-9,12-13,15H,3-6,10-11H2,1-2H3. The summed E-state index contributed by atoms with van der Waals surface area (Å²) in [4.78, 5) is 0. The van der Waals surface area contributed by atoms with Gasteiger partial charge in [0.25, 0.3) is 0 Å². The maximum atomic E-state index is 3.50. The Labute approximate surface area is 106 Å². The minimum Gasteiger partial charge on any atom is -0.121 e. The molecule has 0 fully saturated rings. The van der Waals surface area contributed by atoms with Gasteiger partial charge < -0.3 is 0 Å². The lowest BCUT2D eigenvalue weighted by Crippen LogP contribution is -1.83. The number of allylic oxidation sites excluding steroid dienone is 1. The monoisotopic (exact) mass is 228 g/mol. The van der Waals surface area contributed by atoms with Gasteiger partial charge in [0.2, 0.25) is 0 Å². The van der Waals surface area contributed by atoms with E-state index in [1.807, 2.05) is 0 Å². The second-order valence-corrected chi connectivity index (χ2v) is 4.51. The third-order valence-corrected chi connectivity index (χ3v) is 2.91. The van der Waals surface area contributed by atoms with Gasteiger partial charge in [-0.1, -0.05) is 57.0 Å². The van der Waals surface area contributed by atoms with Crippen LogP contribution in [0.15, 0.2) is 41.6 Å². The molecule has 0 aliphatic heterocycles. The summed E-state index contributed by atoms with van der Waals surface area (Å²) in [6.45, 7) is 4.50. The average Bonchev–Trinajstić information content (AvgIpc) is 2.39. The summed E-state index contributed by atoms with van der Waals surface area (Å²) in [7, 11) is 0. The summed E-state index contributed by atoms with van der Waals surface area (Å²) in [6.07, 6.45) is 9.65. The molecule has 92 valence electrons. The van der Waals surface area contributed by atoms with Crippen molar-refractivity contribution in [2.24, 2.45) is 0 Å². The lowest BCUT2D eigenvalue weighted by molar-refractivity contribution is 0.714. The Morgan fingerprint density at radius 2 is 1.59 bits per heavy atom. The zero-order chi connectivity index (χ0) is 12.3. The first-order valence-electron chi connectivity index (χ1n) is 6.86. The van der Waals surface area contributed by atoms with Gasteiger partial charge in [-0.15, -0.1) is 5.73 Å². The smallest absolute Gasteiger partial charge is 0.0128 e. The van der Waals surface area contributed by atoms with Crippen molar-refractivity contribution < 1.29 is 0 Å². The first kappa shape index (κ1) is 13.8. The quantitative estimate of drug-likeness (QED) is 0.532. The maximum Gasteiger partial charge on any atom is -0.0128 e. The van der Waals surface area contributed by atoms with Crippen LogP contribution in [0.3, 0.4) is 0 Å². The molecule has 0 bridgehead atoms. The van der Waals surface area contributed by atoms with Crippen molar-refractivity contribution in [2.45, 2.75) is 52.4 Å². The molecule has 0 atom stereocenters. The molecule has 1 aromatic carbocycles. The van der Waals surface area contributed by atoms with Gasteiger partial charge in [-0.25, -0.2) is 0 Å². The first-order chi connectivity index (χ1) is 8.36. The van der Waals surface area contributed by atoms with Crippen LogP contribution in [-0.4, -0.2) is 0 Å². The first-order valence-corrected chi connectivity index (χ1v) is 6.86. The predicted molar refractivity (Wildman–Crippen MR) is 77.0 cm³/mol. The van der Waals surface area contributed by atoms with Crippen LogP contribution in [0.2, 0.25) is 0 Å². The molecule has 0 radical (unpaired) electrons. The molecule has 0 nitrogen and oxygen atoms in total. The van der Waals surface area contributed by atoms with E-state index in [4.69, 9.17) is 0 Å². The Hall–Kier alpha value is -1.26.